The molecule has 2 rings (SSSR count). The summed E-state index contributed by atoms with van der Waals surface area (Å²) in [6.45, 7) is 4.59. The number of amides is 1. The Morgan fingerprint density at radius 2 is 2.13 bits per heavy atom. The summed E-state index contributed by atoms with van der Waals surface area (Å²) in [5.41, 5.74) is 0.151. The van der Waals surface area contributed by atoms with Gasteiger partial charge in [0.05, 0.1) is 12.2 Å². The van der Waals surface area contributed by atoms with Crippen molar-refractivity contribution in [1.29, 1.82) is 0 Å². The highest BCUT2D eigenvalue weighted by molar-refractivity contribution is 5.94. The fourth-order valence-corrected chi connectivity index (χ4v) is 2.53. The molecule has 1 unspecified atom stereocenters. The van der Waals surface area contributed by atoms with Crippen LogP contribution in [0.3, 0.4) is 0 Å². The molecule has 0 aromatic carbocycles. The van der Waals surface area contributed by atoms with Crippen molar-refractivity contribution in [2.75, 3.05) is 13.2 Å². The number of hydrogen-bond acceptors (Lipinski definition) is 3. The Morgan fingerprint density at radius 3 is 2.70 bits per heavy atom. The minimum atomic E-state index is -4.40. The van der Waals surface area contributed by atoms with Crippen LogP contribution in [0.4, 0.5) is 13.2 Å². The summed E-state index contributed by atoms with van der Waals surface area (Å²) in [6.07, 6.45) is -2.10. The van der Waals surface area contributed by atoms with Gasteiger partial charge in [-0.25, -0.2) is 4.98 Å². The number of piperidine rings is 1. The van der Waals surface area contributed by atoms with E-state index in [0.29, 0.717) is 31.2 Å². The minimum Gasteiger partial charge on any atom is -0.477 e. The fraction of sp³-hybridized carbons (Fsp3) is 0.625. The predicted octanol–water partition coefficient (Wildman–Crippen LogP) is 3.67. The zero-order chi connectivity index (χ0) is 17.0. The lowest BCUT2D eigenvalue weighted by Crippen LogP contribution is -2.51. The topological polar surface area (TPSA) is 42.4 Å². The number of carbonyl (C=O) groups is 1. The normalized spacial score (nSPS) is 19.0. The van der Waals surface area contributed by atoms with Crippen LogP contribution in [0.25, 0.3) is 0 Å². The van der Waals surface area contributed by atoms with Crippen molar-refractivity contribution < 1.29 is 22.7 Å². The highest BCUT2D eigenvalue weighted by Crippen LogP contribution is 2.32. The third-order valence-corrected chi connectivity index (χ3v) is 3.69. The van der Waals surface area contributed by atoms with Gasteiger partial charge in [0.2, 0.25) is 5.88 Å². The first-order valence-corrected chi connectivity index (χ1v) is 7.75. The van der Waals surface area contributed by atoms with E-state index in [2.05, 4.69) is 4.98 Å². The van der Waals surface area contributed by atoms with Gasteiger partial charge in [-0.15, -0.1) is 0 Å². The fourth-order valence-electron chi connectivity index (χ4n) is 2.53. The Hall–Kier alpha value is -1.79. The number of pyridine rings is 1. The number of halogens is 3. The molecule has 7 heteroatoms. The standard InChI is InChI=1S/C16H21F3N2O2/c1-11(2)10-23-14-7-6-12(9-20-14)15(22)21-8-4-3-5-13(21)16(17,18)19/h6-7,9,11,13H,3-5,8,10H2,1-2H3. The second-order valence-corrected chi connectivity index (χ2v) is 6.14. The van der Waals surface area contributed by atoms with Crippen molar-refractivity contribution >= 4 is 5.91 Å². The Bertz CT molecular complexity index is 529. The van der Waals surface area contributed by atoms with Gasteiger partial charge in [-0.1, -0.05) is 13.8 Å². The molecule has 1 aliphatic heterocycles. The van der Waals surface area contributed by atoms with Gasteiger partial charge in [-0.2, -0.15) is 13.2 Å². The lowest BCUT2D eigenvalue weighted by molar-refractivity contribution is -0.183. The summed E-state index contributed by atoms with van der Waals surface area (Å²) in [4.78, 5) is 17.3. The Balaban J connectivity index is 2.09. The number of hydrogen-bond donors (Lipinski definition) is 0. The zero-order valence-electron chi connectivity index (χ0n) is 13.3. The highest BCUT2D eigenvalue weighted by Gasteiger charge is 2.46. The Labute approximate surface area is 133 Å². The molecule has 1 fully saturated rings. The molecule has 1 aromatic rings. The van der Waals surface area contributed by atoms with Gasteiger partial charge in [-0.05, 0) is 31.2 Å². The summed E-state index contributed by atoms with van der Waals surface area (Å²) >= 11 is 0. The van der Waals surface area contributed by atoms with Crippen LogP contribution in [0.2, 0.25) is 0 Å². The molecule has 0 spiro atoms. The number of alkyl halides is 3. The van der Waals surface area contributed by atoms with Crippen LogP contribution in [0.5, 0.6) is 5.88 Å². The van der Waals surface area contributed by atoms with Crippen LogP contribution in [-0.2, 0) is 0 Å². The van der Waals surface area contributed by atoms with Gasteiger partial charge < -0.3 is 9.64 Å². The largest absolute Gasteiger partial charge is 0.477 e. The van der Waals surface area contributed by atoms with Crippen LogP contribution >= 0.6 is 0 Å². The lowest BCUT2D eigenvalue weighted by Gasteiger charge is -2.36. The van der Waals surface area contributed by atoms with Gasteiger partial charge in [0.15, 0.2) is 0 Å². The molecule has 1 aromatic heterocycles. The third kappa shape index (κ3) is 4.59. The molecular weight excluding hydrogens is 309 g/mol. The van der Waals surface area contributed by atoms with Gasteiger partial charge in [0.25, 0.3) is 5.91 Å². The second kappa shape index (κ2) is 7.19. The molecule has 2 heterocycles. The van der Waals surface area contributed by atoms with Crippen molar-refractivity contribution in [3.63, 3.8) is 0 Å². The summed E-state index contributed by atoms with van der Waals surface area (Å²) in [7, 11) is 0. The van der Waals surface area contributed by atoms with E-state index in [1.165, 1.54) is 18.3 Å². The van der Waals surface area contributed by atoms with Crippen LogP contribution in [0.1, 0.15) is 43.5 Å². The SMILES string of the molecule is CC(C)COc1ccc(C(=O)N2CCCCC2C(F)(F)F)cn1. The van der Waals surface area contributed by atoms with Gasteiger partial charge >= 0.3 is 6.18 Å². The molecule has 0 bridgehead atoms. The van der Waals surface area contributed by atoms with Crippen LogP contribution in [-0.4, -0.2) is 41.2 Å². The molecule has 1 saturated heterocycles. The minimum absolute atomic E-state index is 0.0434. The van der Waals surface area contributed by atoms with E-state index in [1.54, 1.807) is 0 Å². The van der Waals surface area contributed by atoms with E-state index in [0.717, 1.165) is 4.90 Å². The van der Waals surface area contributed by atoms with Gasteiger partial charge in [0.1, 0.15) is 6.04 Å². The number of nitrogens with zero attached hydrogens (tertiary/aromatic N) is 2. The number of ether oxygens (including phenoxy) is 1. The van der Waals surface area contributed by atoms with Gasteiger partial charge in [0, 0.05) is 18.8 Å². The van der Waals surface area contributed by atoms with Crippen molar-refractivity contribution in [3.05, 3.63) is 23.9 Å². The average molecular weight is 330 g/mol. The average Bonchev–Trinajstić information content (AvgIpc) is 2.52. The van der Waals surface area contributed by atoms with Gasteiger partial charge in [-0.3, -0.25) is 4.79 Å². The molecule has 0 aliphatic carbocycles. The maximum Gasteiger partial charge on any atom is 0.408 e. The Kier molecular flexibility index (Phi) is 5.49. The first-order valence-electron chi connectivity index (χ1n) is 7.75. The summed E-state index contributed by atoms with van der Waals surface area (Å²) in [5, 5.41) is 0. The summed E-state index contributed by atoms with van der Waals surface area (Å²) in [6, 6.07) is 1.27. The molecule has 0 radical (unpaired) electrons. The third-order valence-electron chi connectivity index (χ3n) is 3.69. The molecule has 0 N–H and O–H groups in total. The first kappa shape index (κ1) is 17.6. The van der Waals surface area contributed by atoms with E-state index in [1.807, 2.05) is 13.8 Å². The molecule has 1 atom stereocenters. The second-order valence-electron chi connectivity index (χ2n) is 6.14. The summed E-state index contributed by atoms with van der Waals surface area (Å²) in [5.74, 6) is 0.0650. The van der Waals surface area contributed by atoms with E-state index in [-0.39, 0.29) is 18.5 Å². The molecule has 1 amide bonds. The lowest BCUT2D eigenvalue weighted by atomic mass is 10.0. The monoisotopic (exact) mass is 330 g/mol. The molecule has 23 heavy (non-hydrogen) atoms. The number of aromatic nitrogens is 1. The maximum absolute atomic E-state index is 13.1. The van der Waals surface area contributed by atoms with Crippen LogP contribution in [0.15, 0.2) is 18.3 Å². The maximum atomic E-state index is 13.1. The number of rotatable bonds is 4. The molecular formula is C16H21F3N2O2. The van der Waals surface area contributed by atoms with Crippen molar-refractivity contribution in [3.8, 4) is 5.88 Å². The molecule has 128 valence electrons. The molecule has 4 nitrogen and oxygen atoms in total. The van der Waals surface area contributed by atoms with Crippen LogP contribution < -0.4 is 4.74 Å². The van der Waals surface area contributed by atoms with E-state index in [4.69, 9.17) is 4.74 Å². The van der Waals surface area contributed by atoms with Crippen molar-refractivity contribution in [2.24, 2.45) is 5.92 Å². The molecule has 1 aliphatic rings. The van der Waals surface area contributed by atoms with E-state index in [9.17, 15) is 18.0 Å². The highest BCUT2D eigenvalue weighted by atomic mass is 19.4. The number of carbonyl (C=O) groups excluding carboxylic acids is 1. The predicted molar refractivity (Wildman–Crippen MR) is 79.3 cm³/mol. The smallest absolute Gasteiger partial charge is 0.408 e. The van der Waals surface area contributed by atoms with Crippen molar-refractivity contribution in [1.82, 2.24) is 9.88 Å². The number of likely N-dealkylation sites (tertiary alicyclic amines) is 1. The Morgan fingerprint density at radius 1 is 1.39 bits per heavy atom. The van der Waals surface area contributed by atoms with Crippen molar-refractivity contribution in [2.45, 2.75) is 45.3 Å². The first-order chi connectivity index (χ1) is 10.8. The van der Waals surface area contributed by atoms with E-state index < -0.39 is 18.1 Å². The quantitative estimate of drug-likeness (QED) is 0.846. The zero-order valence-corrected chi connectivity index (χ0v) is 13.3. The molecule has 0 saturated carbocycles. The van der Waals surface area contributed by atoms with Crippen LogP contribution in [0, 0.1) is 5.92 Å². The summed E-state index contributed by atoms with van der Waals surface area (Å²) < 4.78 is 44.6. The van der Waals surface area contributed by atoms with E-state index >= 15 is 0 Å².